The van der Waals surface area contributed by atoms with Crippen LogP contribution in [0.15, 0.2) is 15.8 Å². The van der Waals surface area contributed by atoms with Crippen molar-refractivity contribution in [3.05, 3.63) is 32.6 Å². The molecular weight excluding hydrogens is 254 g/mol. The number of hydrogen-bond acceptors (Lipinski definition) is 5. The average molecular weight is 267 g/mol. The van der Waals surface area contributed by atoms with Gasteiger partial charge in [0.05, 0.1) is 13.0 Å². The second kappa shape index (κ2) is 5.19. The summed E-state index contributed by atoms with van der Waals surface area (Å²) in [5.74, 6) is -0.986. The van der Waals surface area contributed by atoms with Crippen LogP contribution in [0.3, 0.4) is 0 Å². The van der Waals surface area contributed by atoms with Gasteiger partial charge in [0.1, 0.15) is 6.10 Å². The first-order valence-corrected chi connectivity index (χ1v) is 5.74. The van der Waals surface area contributed by atoms with Crippen molar-refractivity contribution in [3.8, 4) is 0 Å². The molecule has 0 bridgehead atoms. The number of carbonyl (C=O) groups excluding carboxylic acids is 2. The molecule has 1 aromatic rings. The van der Waals surface area contributed by atoms with Gasteiger partial charge in [-0.05, 0) is 6.92 Å². The molecule has 1 atom stereocenters. The summed E-state index contributed by atoms with van der Waals surface area (Å²) in [5, 5.41) is 2.56. The molecule has 8 heteroatoms. The number of carbonyl (C=O) groups is 2. The molecule has 1 aromatic heterocycles. The summed E-state index contributed by atoms with van der Waals surface area (Å²) in [4.78, 5) is 48.1. The Morgan fingerprint density at radius 3 is 2.89 bits per heavy atom. The zero-order valence-corrected chi connectivity index (χ0v) is 10.3. The molecule has 0 saturated carbocycles. The van der Waals surface area contributed by atoms with Crippen molar-refractivity contribution in [2.75, 3.05) is 13.2 Å². The van der Waals surface area contributed by atoms with Crippen LogP contribution in [0.1, 0.15) is 16.8 Å². The van der Waals surface area contributed by atoms with Gasteiger partial charge in [-0.15, -0.1) is 0 Å². The smallest absolute Gasteiger partial charge is 0.335 e. The van der Waals surface area contributed by atoms with Crippen molar-refractivity contribution < 1.29 is 14.3 Å². The van der Waals surface area contributed by atoms with Crippen LogP contribution in [0.4, 0.5) is 0 Å². The molecule has 0 aromatic carbocycles. The summed E-state index contributed by atoms with van der Waals surface area (Å²) in [5.41, 5.74) is -1.13. The van der Waals surface area contributed by atoms with Gasteiger partial charge in [-0.1, -0.05) is 0 Å². The maximum absolute atomic E-state index is 11.9. The zero-order valence-electron chi connectivity index (χ0n) is 10.3. The predicted octanol–water partition coefficient (Wildman–Crippen LogP) is -1.61. The van der Waals surface area contributed by atoms with E-state index in [1.807, 2.05) is 4.98 Å². The quantitative estimate of drug-likeness (QED) is 0.670. The number of ether oxygens (including phenoxy) is 1. The number of nitrogens with one attached hydrogen (secondary N) is 2. The molecule has 2 heterocycles. The Morgan fingerprint density at radius 2 is 2.21 bits per heavy atom. The number of aromatic nitrogens is 2. The van der Waals surface area contributed by atoms with Crippen LogP contribution in [-0.4, -0.2) is 40.6 Å². The predicted molar refractivity (Wildman–Crippen MR) is 64.1 cm³/mol. The number of morpholine rings is 1. The minimum Gasteiger partial charge on any atom is -0.366 e. The fraction of sp³-hybridized carbons (Fsp3) is 0.455. The Labute approximate surface area is 107 Å². The molecule has 2 N–H and O–H groups in total. The molecule has 1 unspecified atom stereocenters. The number of H-pyrrole nitrogens is 1. The van der Waals surface area contributed by atoms with E-state index in [0.29, 0.717) is 13.2 Å². The first-order valence-electron chi connectivity index (χ1n) is 5.74. The lowest BCUT2D eigenvalue weighted by atomic mass is 10.2. The number of aromatic amines is 1. The number of rotatable bonds is 2. The number of hydrogen-bond donors (Lipinski definition) is 2. The summed E-state index contributed by atoms with van der Waals surface area (Å²) >= 11 is 0. The highest BCUT2D eigenvalue weighted by atomic mass is 16.5. The Hall–Kier alpha value is -2.22. The lowest BCUT2D eigenvalue weighted by molar-refractivity contribution is -0.137. The monoisotopic (exact) mass is 267 g/mol. The third-order valence-corrected chi connectivity index (χ3v) is 2.76. The lowest BCUT2D eigenvalue weighted by Crippen LogP contribution is -2.46. The van der Waals surface area contributed by atoms with E-state index < -0.39 is 23.3 Å². The maximum Gasteiger partial charge on any atom is 0.335 e. The standard InChI is InChI=1S/C11H13N3O5/c1-6-5-14(11(18)13-9(6)16)8(15)4-7-10(17)12-2-3-19-7/h5,7H,2-4H2,1H3,(H,12,17)(H,13,16,18). The molecule has 1 aliphatic heterocycles. The van der Waals surface area contributed by atoms with Gasteiger partial charge in [0, 0.05) is 18.3 Å². The highest BCUT2D eigenvalue weighted by Crippen LogP contribution is 2.04. The third-order valence-electron chi connectivity index (χ3n) is 2.76. The van der Waals surface area contributed by atoms with Crippen LogP contribution in [-0.2, 0) is 9.53 Å². The fourth-order valence-corrected chi connectivity index (χ4v) is 1.73. The molecule has 1 fully saturated rings. The van der Waals surface area contributed by atoms with E-state index in [1.165, 1.54) is 6.92 Å². The topological polar surface area (TPSA) is 110 Å². The van der Waals surface area contributed by atoms with Crippen LogP contribution in [0.25, 0.3) is 0 Å². The Balaban J connectivity index is 2.20. The van der Waals surface area contributed by atoms with Crippen molar-refractivity contribution in [1.82, 2.24) is 14.9 Å². The molecule has 0 radical (unpaired) electrons. The van der Waals surface area contributed by atoms with Gasteiger partial charge < -0.3 is 10.1 Å². The third kappa shape index (κ3) is 2.79. The van der Waals surface area contributed by atoms with Gasteiger partial charge in [-0.3, -0.25) is 19.4 Å². The Morgan fingerprint density at radius 1 is 1.47 bits per heavy atom. The summed E-state index contributed by atoms with van der Waals surface area (Å²) in [6.45, 7) is 2.20. The van der Waals surface area contributed by atoms with Crippen LogP contribution in [0.2, 0.25) is 0 Å². The van der Waals surface area contributed by atoms with E-state index in [2.05, 4.69) is 5.32 Å². The molecule has 0 spiro atoms. The summed E-state index contributed by atoms with van der Waals surface area (Å²) in [6.07, 6.45) is 0.00180. The molecule has 1 aliphatic rings. The maximum atomic E-state index is 11.9. The summed E-state index contributed by atoms with van der Waals surface area (Å²) < 4.78 is 5.94. The van der Waals surface area contributed by atoms with E-state index in [1.54, 1.807) is 0 Å². The lowest BCUT2D eigenvalue weighted by Gasteiger charge is -2.21. The summed E-state index contributed by atoms with van der Waals surface area (Å²) in [7, 11) is 0. The van der Waals surface area contributed by atoms with Gasteiger partial charge in [0.15, 0.2) is 0 Å². The molecule has 2 rings (SSSR count). The minimum absolute atomic E-state index is 0.238. The number of nitrogens with zero attached hydrogens (tertiary/aromatic N) is 1. The van der Waals surface area contributed by atoms with Gasteiger partial charge >= 0.3 is 5.69 Å². The highest BCUT2D eigenvalue weighted by molar-refractivity contribution is 5.88. The largest absolute Gasteiger partial charge is 0.366 e. The van der Waals surface area contributed by atoms with Gasteiger partial charge in [-0.2, -0.15) is 0 Å². The fourth-order valence-electron chi connectivity index (χ4n) is 1.73. The van der Waals surface area contributed by atoms with Crippen LogP contribution in [0, 0.1) is 6.92 Å². The van der Waals surface area contributed by atoms with E-state index in [4.69, 9.17) is 4.74 Å². The van der Waals surface area contributed by atoms with E-state index in [-0.39, 0.29) is 17.9 Å². The molecule has 19 heavy (non-hydrogen) atoms. The van der Waals surface area contributed by atoms with Crippen LogP contribution in [0.5, 0.6) is 0 Å². The number of amides is 1. The molecule has 1 saturated heterocycles. The van der Waals surface area contributed by atoms with Crippen LogP contribution < -0.4 is 16.6 Å². The Kier molecular flexibility index (Phi) is 3.61. The van der Waals surface area contributed by atoms with E-state index in [9.17, 15) is 19.2 Å². The number of aryl methyl sites for hydroxylation is 1. The molecule has 8 nitrogen and oxygen atoms in total. The van der Waals surface area contributed by atoms with Gasteiger partial charge in [-0.25, -0.2) is 9.36 Å². The minimum atomic E-state index is -0.902. The highest BCUT2D eigenvalue weighted by Gasteiger charge is 2.26. The van der Waals surface area contributed by atoms with Crippen LogP contribution >= 0.6 is 0 Å². The normalized spacial score (nSPS) is 19.0. The molecular formula is C11H13N3O5. The van der Waals surface area contributed by atoms with Gasteiger partial charge in [0.2, 0.25) is 11.8 Å². The van der Waals surface area contributed by atoms with Crippen molar-refractivity contribution in [2.45, 2.75) is 19.4 Å². The second-order valence-corrected chi connectivity index (χ2v) is 4.19. The van der Waals surface area contributed by atoms with Crippen molar-refractivity contribution >= 4 is 11.8 Å². The van der Waals surface area contributed by atoms with E-state index in [0.717, 1.165) is 10.8 Å². The Bertz CT molecular complexity index is 630. The SMILES string of the molecule is Cc1cn(C(=O)CC2OCCNC2=O)c(=O)[nH]c1=O. The van der Waals surface area contributed by atoms with Crippen molar-refractivity contribution in [1.29, 1.82) is 0 Å². The molecule has 1 amide bonds. The van der Waals surface area contributed by atoms with Crippen molar-refractivity contribution in [2.24, 2.45) is 0 Å². The molecule has 102 valence electrons. The first-order chi connectivity index (χ1) is 8.99. The van der Waals surface area contributed by atoms with Gasteiger partial charge in [0.25, 0.3) is 5.56 Å². The first kappa shape index (κ1) is 13.2. The zero-order chi connectivity index (χ0) is 14.0. The molecule has 0 aliphatic carbocycles. The average Bonchev–Trinajstić information content (AvgIpc) is 2.36. The van der Waals surface area contributed by atoms with Crippen molar-refractivity contribution in [3.63, 3.8) is 0 Å². The second-order valence-electron chi connectivity index (χ2n) is 4.19. The summed E-state index contributed by atoms with van der Waals surface area (Å²) in [6, 6.07) is 0. The van der Waals surface area contributed by atoms with E-state index >= 15 is 0 Å².